The zero-order valence-electron chi connectivity index (χ0n) is 26.1. The number of aryl methyl sites for hydroxylation is 1. The van der Waals surface area contributed by atoms with Crippen molar-refractivity contribution in [3.63, 3.8) is 0 Å². The van der Waals surface area contributed by atoms with E-state index in [2.05, 4.69) is 5.32 Å². The monoisotopic (exact) mass is 678 g/mol. The van der Waals surface area contributed by atoms with Gasteiger partial charge in [-0.25, -0.2) is 8.42 Å². The number of nitrogens with one attached hydrogen (secondary N) is 1. The maximum atomic E-state index is 14.5. The average molecular weight is 679 g/mol. The van der Waals surface area contributed by atoms with E-state index in [0.717, 1.165) is 15.9 Å². The molecule has 0 spiro atoms. The summed E-state index contributed by atoms with van der Waals surface area (Å²) in [4.78, 5) is 40.0. The Kier molecular flexibility index (Phi) is 11.6. The van der Waals surface area contributed by atoms with Crippen molar-refractivity contribution in [3.8, 4) is 5.75 Å². The Bertz CT molecular complexity index is 1840. The van der Waals surface area contributed by atoms with Crippen molar-refractivity contribution in [2.75, 3.05) is 24.5 Å². The highest BCUT2D eigenvalue weighted by Gasteiger charge is 2.35. The van der Waals surface area contributed by atoms with Crippen LogP contribution in [-0.2, 0) is 32.6 Å². The highest BCUT2D eigenvalue weighted by Crippen LogP contribution is 2.30. The van der Waals surface area contributed by atoms with Crippen molar-refractivity contribution in [2.24, 2.45) is 0 Å². The molecular formula is C34H35ClN4O7S. The molecule has 0 bridgehead atoms. The second-order valence-electron chi connectivity index (χ2n) is 10.7. The van der Waals surface area contributed by atoms with E-state index in [0.29, 0.717) is 22.9 Å². The Morgan fingerprint density at radius 2 is 1.64 bits per heavy atom. The second-order valence-corrected chi connectivity index (χ2v) is 13.0. The number of anilines is 1. The number of likely N-dealkylation sites (N-methyl/N-ethyl adjacent to an activating group) is 1. The smallest absolute Gasteiger partial charge is 0.273 e. The molecular weight excluding hydrogens is 644 g/mol. The van der Waals surface area contributed by atoms with E-state index in [4.69, 9.17) is 16.3 Å². The molecule has 0 aromatic heterocycles. The molecule has 0 aliphatic carbocycles. The summed E-state index contributed by atoms with van der Waals surface area (Å²) in [5, 5.41) is 14.9. The molecule has 2 amide bonds. The van der Waals surface area contributed by atoms with Gasteiger partial charge in [0.15, 0.2) is 0 Å². The van der Waals surface area contributed by atoms with E-state index >= 15 is 0 Å². The minimum absolute atomic E-state index is 0.0550. The highest BCUT2D eigenvalue weighted by molar-refractivity contribution is 7.92. The maximum absolute atomic E-state index is 14.5. The van der Waals surface area contributed by atoms with Gasteiger partial charge in [-0.2, -0.15) is 0 Å². The summed E-state index contributed by atoms with van der Waals surface area (Å²) in [5.74, 6) is -0.650. The molecule has 0 unspecified atom stereocenters. The summed E-state index contributed by atoms with van der Waals surface area (Å²) in [7, 11) is -3.09. The Hall–Kier alpha value is -4.94. The fraction of sp³-hybridized carbons (Fsp3) is 0.235. The lowest BCUT2D eigenvalue weighted by Crippen LogP contribution is -2.53. The van der Waals surface area contributed by atoms with Gasteiger partial charge in [0, 0.05) is 36.2 Å². The van der Waals surface area contributed by atoms with Gasteiger partial charge in [-0.15, -0.1) is 0 Å². The first-order valence-electron chi connectivity index (χ1n) is 14.7. The molecule has 0 aliphatic heterocycles. The number of halogens is 1. The Morgan fingerprint density at radius 3 is 2.26 bits per heavy atom. The summed E-state index contributed by atoms with van der Waals surface area (Å²) in [6.07, 6.45) is 0.151. The number of benzene rings is 4. The van der Waals surface area contributed by atoms with E-state index in [1.807, 2.05) is 30.3 Å². The van der Waals surface area contributed by atoms with E-state index in [1.54, 1.807) is 31.2 Å². The molecule has 47 heavy (non-hydrogen) atoms. The summed E-state index contributed by atoms with van der Waals surface area (Å²) in [6, 6.07) is 24.6. The van der Waals surface area contributed by atoms with Crippen molar-refractivity contribution in [1.29, 1.82) is 0 Å². The normalized spacial score (nSPS) is 11.7. The molecule has 0 aliphatic rings. The largest absolute Gasteiger partial charge is 0.497 e. The molecule has 246 valence electrons. The number of carbonyl (C=O) groups excluding carboxylic acids is 2. The zero-order valence-corrected chi connectivity index (χ0v) is 27.7. The molecule has 0 heterocycles. The Labute approximate surface area is 278 Å². The Balaban J connectivity index is 1.83. The number of sulfonamides is 1. The molecule has 4 rings (SSSR count). The van der Waals surface area contributed by atoms with Crippen LogP contribution in [0, 0.1) is 17.0 Å². The van der Waals surface area contributed by atoms with Gasteiger partial charge in [0.1, 0.15) is 18.3 Å². The molecule has 1 atom stereocenters. The van der Waals surface area contributed by atoms with Gasteiger partial charge >= 0.3 is 0 Å². The number of ether oxygens (including phenoxy) is 1. The molecule has 0 saturated carbocycles. The van der Waals surface area contributed by atoms with Crippen LogP contribution in [0.4, 0.5) is 11.4 Å². The molecule has 13 heteroatoms. The molecule has 4 aromatic rings. The van der Waals surface area contributed by atoms with Gasteiger partial charge in [-0.05, 0) is 67.4 Å². The van der Waals surface area contributed by atoms with Crippen LogP contribution in [-0.4, -0.2) is 56.3 Å². The van der Waals surface area contributed by atoms with Gasteiger partial charge in [-0.3, -0.25) is 24.0 Å². The van der Waals surface area contributed by atoms with Gasteiger partial charge in [-0.1, -0.05) is 60.1 Å². The zero-order chi connectivity index (χ0) is 34.1. The SMILES string of the molecule is CCNC(=O)[C@H](Cc1ccccc1)N(Cc1cccc(Cl)c1)C(=O)CN(c1ccc(OC)cc1)S(=O)(=O)c1ccc(C)c([N+](=O)[O-])c1. The number of rotatable bonds is 14. The first-order chi connectivity index (χ1) is 22.4. The summed E-state index contributed by atoms with van der Waals surface area (Å²) in [5.41, 5.74) is 1.43. The van der Waals surface area contributed by atoms with Crippen LogP contribution in [0.25, 0.3) is 0 Å². The van der Waals surface area contributed by atoms with Gasteiger partial charge in [0.05, 0.1) is 22.6 Å². The van der Waals surface area contributed by atoms with Crippen LogP contribution < -0.4 is 14.4 Å². The average Bonchev–Trinajstić information content (AvgIpc) is 3.05. The van der Waals surface area contributed by atoms with E-state index in [9.17, 15) is 28.1 Å². The third-order valence-corrected chi connectivity index (χ3v) is 9.47. The van der Waals surface area contributed by atoms with Gasteiger partial charge < -0.3 is 15.0 Å². The fourth-order valence-electron chi connectivity index (χ4n) is 5.03. The third-order valence-electron chi connectivity index (χ3n) is 7.47. The van der Waals surface area contributed by atoms with Crippen LogP contribution >= 0.6 is 11.6 Å². The molecule has 0 radical (unpaired) electrons. The van der Waals surface area contributed by atoms with E-state index in [-0.39, 0.29) is 34.8 Å². The van der Waals surface area contributed by atoms with Crippen LogP contribution in [0.5, 0.6) is 5.75 Å². The van der Waals surface area contributed by atoms with Crippen molar-refractivity contribution < 1.29 is 27.7 Å². The number of hydrogen-bond donors (Lipinski definition) is 1. The second kappa shape index (κ2) is 15.6. The number of nitro groups is 1. The molecule has 11 nitrogen and oxygen atoms in total. The molecule has 4 aromatic carbocycles. The first kappa shape index (κ1) is 34.9. The number of nitrogens with zero attached hydrogens (tertiary/aromatic N) is 3. The summed E-state index contributed by atoms with van der Waals surface area (Å²) in [6.45, 7) is 2.80. The lowest BCUT2D eigenvalue weighted by atomic mass is 10.0. The van der Waals surface area contributed by atoms with Gasteiger partial charge in [0.25, 0.3) is 15.7 Å². The number of hydrogen-bond acceptors (Lipinski definition) is 7. The highest BCUT2D eigenvalue weighted by atomic mass is 35.5. The minimum Gasteiger partial charge on any atom is -0.497 e. The topological polar surface area (TPSA) is 139 Å². The fourth-order valence-corrected chi connectivity index (χ4v) is 6.68. The van der Waals surface area contributed by atoms with Crippen molar-refractivity contribution in [2.45, 2.75) is 37.8 Å². The lowest BCUT2D eigenvalue weighted by molar-refractivity contribution is -0.385. The molecule has 0 fully saturated rings. The number of amides is 2. The summed E-state index contributed by atoms with van der Waals surface area (Å²) >= 11 is 6.26. The molecule has 1 N–H and O–H groups in total. The van der Waals surface area contributed by atoms with Crippen molar-refractivity contribution in [1.82, 2.24) is 10.2 Å². The first-order valence-corrected chi connectivity index (χ1v) is 16.5. The van der Waals surface area contributed by atoms with Crippen LogP contribution in [0.3, 0.4) is 0 Å². The van der Waals surface area contributed by atoms with Crippen LogP contribution in [0.1, 0.15) is 23.6 Å². The third kappa shape index (κ3) is 8.66. The summed E-state index contributed by atoms with van der Waals surface area (Å²) < 4.78 is 34.6. The number of nitro benzene ring substituents is 1. The minimum atomic E-state index is -4.55. The Morgan fingerprint density at radius 1 is 0.957 bits per heavy atom. The van der Waals surface area contributed by atoms with Crippen molar-refractivity contribution in [3.05, 3.63) is 129 Å². The van der Waals surface area contributed by atoms with Crippen LogP contribution in [0.2, 0.25) is 5.02 Å². The van der Waals surface area contributed by atoms with E-state index < -0.39 is 39.3 Å². The van der Waals surface area contributed by atoms with Crippen molar-refractivity contribution >= 4 is 44.8 Å². The van der Waals surface area contributed by atoms with E-state index in [1.165, 1.54) is 55.3 Å². The standard InChI is InChI=1S/C34H35ClN4O7S/c1-4-36-34(41)32(20-25-9-6-5-7-10-25)37(22-26-11-8-12-27(35)19-26)33(40)23-38(28-14-16-29(46-3)17-15-28)47(44,45)30-18-13-24(2)31(21-30)39(42)43/h5-19,21,32H,4,20,22-23H2,1-3H3,(H,36,41)/t32-/m0/s1. The predicted molar refractivity (Wildman–Crippen MR) is 180 cm³/mol. The van der Waals surface area contributed by atoms with Crippen LogP contribution in [0.15, 0.2) is 102 Å². The predicted octanol–water partition coefficient (Wildman–Crippen LogP) is 5.54. The quantitative estimate of drug-likeness (QED) is 0.137. The number of carbonyl (C=O) groups is 2. The number of methoxy groups -OCH3 is 1. The lowest BCUT2D eigenvalue weighted by Gasteiger charge is -2.34. The van der Waals surface area contributed by atoms with Gasteiger partial charge in [0.2, 0.25) is 11.8 Å². The molecule has 0 saturated heterocycles. The maximum Gasteiger partial charge on any atom is 0.273 e.